The summed E-state index contributed by atoms with van der Waals surface area (Å²) in [6.07, 6.45) is 1.87. The van der Waals surface area contributed by atoms with Crippen LogP contribution in [-0.2, 0) is 6.54 Å². The number of nitrogens with zero attached hydrogens (tertiary/aromatic N) is 1. The summed E-state index contributed by atoms with van der Waals surface area (Å²) in [5.41, 5.74) is 3.59. The molecule has 1 heterocycles. The van der Waals surface area contributed by atoms with Crippen LogP contribution >= 0.6 is 0 Å². The first-order valence-corrected chi connectivity index (χ1v) is 9.70. The van der Waals surface area contributed by atoms with E-state index in [-0.39, 0.29) is 17.5 Å². The lowest BCUT2D eigenvalue weighted by Crippen LogP contribution is -2.38. The smallest absolute Gasteiger partial charge is 0.167 e. The van der Waals surface area contributed by atoms with Gasteiger partial charge in [-0.1, -0.05) is 6.07 Å². The molecule has 2 aromatic rings. The number of hydrogen-bond donors (Lipinski definition) is 1. The fourth-order valence-electron chi connectivity index (χ4n) is 4.11. The van der Waals surface area contributed by atoms with Gasteiger partial charge in [0, 0.05) is 36.2 Å². The van der Waals surface area contributed by atoms with Gasteiger partial charge < -0.3 is 14.6 Å². The lowest BCUT2D eigenvalue weighted by molar-refractivity contribution is 0.0810. The Bertz CT molecular complexity index is 839. The summed E-state index contributed by atoms with van der Waals surface area (Å²) in [5, 5.41) is 10.2. The fraction of sp³-hybridized carbons (Fsp3) is 0.435. The van der Waals surface area contributed by atoms with E-state index in [1.165, 1.54) is 0 Å². The number of likely N-dealkylation sites (tertiary alicyclic amines) is 1. The maximum Gasteiger partial charge on any atom is 0.167 e. The number of ketones is 1. The molecule has 2 aromatic carbocycles. The molecule has 28 heavy (non-hydrogen) atoms. The predicted molar refractivity (Wildman–Crippen MR) is 109 cm³/mol. The molecule has 150 valence electrons. The van der Waals surface area contributed by atoms with Gasteiger partial charge in [0.25, 0.3) is 0 Å². The molecule has 0 spiro atoms. The molecule has 1 atom stereocenters. The van der Waals surface area contributed by atoms with Crippen molar-refractivity contribution in [2.75, 3.05) is 27.3 Å². The van der Waals surface area contributed by atoms with Crippen LogP contribution in [0.5, 0.6) is 17.2 Å². The van der Waals surface area contributed by atoms with Crippen molar-refractivity contribution in [2.45, 2.75) is 33.2 Å². The number of aromatic hydroxyl groups is 1. The largest absolute Gasteiger partial charge is 0.507 e. The first-order valence-electron chi connectivity index (χ1n) is 9.70. The van der Waals surface area contributed by atoms with Crippen LogP contribution in [0, 0.1) is 19.8 Å². The minimum atomic E-state index is -0.0265. The molecule has 0 saturated carbocycles. The number of phenolic OH excluding ortho intramolecular Hbond substituents is 1. The van der Waals surface area contributed by atoms with Crippen molar-refractivity contribution in [1.29, 1.82) is 0 Å². The number of methoxy groups -OCH3 is 2. The Balaban J connectivity index is 1.72. The van der Waals surface area contributed by atoms with Gasteiger partial charge in [0.1, 0.15) is 17.2 Å². The standard InChI is InChI=1S/C23H29NO4/c1-15-10-19(11-16(2)23(15)28-4)22(26)18-6-5-9-24(14-18)13-17-7-8-20(27-3)12-21(17)25/h7-8,10-12,18,25H,5-6,9,13-14H2,1-4H3/t18-/m0/s1. The Hall–Kier alpha value is -2.53. The van der Waals surface area contributed by atoms with Gasteiger partial charge in [0.05, 0.1) is 14.2 Å². The lowest BCUT2D eigenvalue weighted by Gasteiger charge is -2.32. The minimum absolute atomic E-state index is 0.0265. The molecule has 1 fully saturated rings. The van der Waals surface area contributed by atoms with E-state index < -0.39 is 0 Å². The monoisotopic (exact) mass is 383 g/mol. The molecule has 0 unspecified atom stereocenters. The molecule has 0 amide bonds. The Labute approximate surface area is 166 Å². The topological polar surface area (TPSA) is 59.0 Å². The van der Waals surface area contributed by atoms with Crippen molar-refractivity contribution < 1.29 is 19.4 Å². The van der Waals surface area contributed by atoms with E-state index >= 15 is 0 Å². The minimum Gasteiger partial charge on any atom is -0.507 e. The summed E-state index contributed by atoms with van der Waals surface area (Å²) in [7, 11) is 3.24. The molecule has 0 bridgehead atoms. The molecule has 1 N–H and O–H groups in total. The summed E-state index contributed by atoms with van der Waals surface area (Å²) < 4.78 is 10.6. The second kappa shape index (κ2) is 8.65. The highest BCUT2D eigenvalue weighted by atomic mass is 16.5. The van der Waals surface area contributed by atoms with Crippen LogP contribution in [0.25, 0.3) is 0 Å². The van der Waals surface area contributed by atoms with Crippen LogP contribution in [0.4, 0.5) is 0 Å². The predicted octanol–water partition coefficient (Wildman–Crippen LogP) is 4.12. The highest BCUT2D eigenvalue weighted by molar-refractivity contribution is 5.98. The molecule has 5 heteroatoms. The van der Waals surface area contributed by atoms with E-state index in [4.69, 9.17) is 9.47 Å². The fourth-order valence-corrected chi connectivity index (χ4v) is 4.11. The van der Waals surface area contributed by atoms with E-state index in [2.05, 4.69) is 4.90 Å². The van der Waals surface area contributed by atoms with Crippen LogP contribution in [-0.4, -0.2) is 43.1 Å². The molecule has 1 aliphatic rings. The number of hydrogen-bond acceptors (Lipinski definition) is 5. The summed E-state index contributed by atoms with van der Waals surface area (Å²) in [6.45, 7) is 6.20. The van der Waals surface area contributed by atoms with Gasteiger partial charge in [-0.15, -0.1) is 0 Å². The number of phenols is 1. The summed E-state index contributed by atoms with van der Waals surface area (Å²) in [5.74, 6) is 1.88. The Morgan fingerprint density at radius 2 is 1.86 bits per heavy atom. The van der Waals surface area contributed by atoms with Gasteiger partial charge in [-0.05, 0) is 62.6 Å². The van der Waals surface area contributed by atoms with E-state index in [1.807, 2.05) is 38.1 Å². The van der Waals surface area contributed by atoms with E-state index in [0.717, 1.165) is 47.4 Å². The van der Waals surface area contributed by atoms with Crippen molar-refractivity contribution >= 4 is 5.78 Å². The van der Waals surface area contributed by atoms with Gasteiger partial charge in [0.2, 0.25) is 0 Å². The second-order valence-corrected chi connectivity index (χ2v) is 7.58. The van der Waals surface area contributed by atoms with Crippen molar-refractivity contribution in [1.82, 2.24) is 4.90 Å². The zero-order chi connectivity index (χ0) is 20.3. The third-order valence-corrected chi connectivity index (χ3v) is 5.51. The first-order chi connectivity index (χ1) is 13.4. The van der Waals surface area contributed by atoms with Gasteiger partial charge >= 0.3 is 0 Å². The van der Waals surface area contributed by atoms with E-state index in [9.17, 15) is 9.90 Å². The number of aryl methyl sites for hydroxylation is 2. The van der Waals surface area contributed by atoms with Crippen LogP contribution in [0.2, 0.25) is 0 Å². The molecule has 5 nitrogen and oxygen atoms in total. The average Bonchev–Trinajstić information content (AvgIpc) is 2.69. The van der Waals surface area contributed by atoms with Gasteiger partial charge in [0.15, 0.2) is 5.78 Å². The average molecular weight is 383 g/mol. The normalized spacial score (nSPS) is 17.4. The number of ether oxygens (including phenoxy) is 2. The molecular formula is C23H29NO4. The number of rotatable bonds is 6. The third-order valence-electron chi connectivity index (χ3n) is 5.51. The van der Waals surface area contributed by atoms with Gasteiger partial charge in [-0.25, -0.2) is 0 Å². The van der Waals surface area contributed by atoms with Crippen LogP contribution < -0.4 is 9.47 Å². The number of carbonyl (C=O) groups is 1. The maximum absolute atomic E-state index is 13.1. The van der Waals surface area contributed by atoms with Crippen molar-refractivity contribution in [3.8, 4) is 17.2 Å². The van der Waals surface area contributed by atoms with Gasteiger partial charge in [-0.2, -0.15) is 0 Å². The van der Waals surface area contributed by atoms with E-state index in [1.54, 1.807) is 20.3 Å². The highest BCUT2D eigenvalue weighted by Crippen LogP contribution is 2.29. The molecule has 1 saturated heterocycles. The van der Waals surface area contributed by atoms with Gasteiger partial charge in [-0.3, -0.25) is 9.69 Å². The van der Waals surface area contributed by atoms with Crippen molar-refractivity contribution in [2.24, 2.45) is 5.92 Å². The number of benzene rings is 2. The quantitative estimate of drug-likeness (QED) is 0.761. The highest BCUT2D eigenvalue weighted by Gasteiger charge is 2.27. The lowest BCUT2D eigenvalue weighted by atomic mass is 9.88. The second-order valence-electron chi connectivity index (χ2n) is 7.58. The summed E-state index contributed by atoms with van der Waals surface area (Å²) >= 11 is 0. The molecule has 0 aromatic heterocycles. The number of carbonyl (C=O) groups excluding carboxylic acids is 1. The molecule has 0 radical (unpaired) electrons. The Morgan fingerprint density at radius 3 is 2.46 bits per heavy atom. The van der Waals surface area contributed by atoms with Crippen LogP contribution in [0.15, 0.2) is 30.3 Å². The summed E-state index contributed by atoms with van der Waals surface area (Å²) in [4.78, 5) is 15.4. The zero-order valence-corrected chi connectivity index (χ0v) is 17.1. The Morgan fingerprint density at radius 1 is 1.14 bits per heavy atom. The van der Waals surface area contributed by atoms with Crippen molar-refractivity contribution in [3.63, 3.8) is 0 Å². The van der Waals surface area contributed by atoms with Crippen LogP contribution in [0.1, 0.15) is 39.9 Å². The molecule has 1 aliphatic heterocycles. The number of Topliss-reactive ketones (excluding diaryl/α,β-unsaturated/α-hetero) is 1. The molecular weight excluding hydrogens is 354 g/mol. The zero-order valence-electron chi connectivity index (χ0n) is 17.1. The Kier molecular flexibility index (Phi) is 6.25. The van der Waals surface area contributed by atoms with E-state index in [0.29, 0.717) is 18.8 Å². The maximum atomic E-state index is 13.1. The SMILES string of the molecule is COc1ccc(CN2CCC[C@H](C(=O)c3cc(C)c(OC)c(C)c3)C2)c(O)c1. The van der Waals surface area contributed by atoms with Crippen molar-refractivity contribution in [3.05, 3.63) is 52.6 Å². The van der Waals surface area contributed by atoms with Crippen LogP contribution in [0.3, 0.4) is 0 Å². The molecule has 0 aliphatic carbocycles. The first kappa shape index (κ1) is 20.2. The molecule has 3 rings (SSSR count). The third kappa shape index (κ3) is 4.30. The number of piperidine rings is 1. The summed E-state index contributed by atoms with van der Waals surface area (Å²) in [6, 6.07) is 9.23.